The fourth-order valence-electron chi connectivity index (χ4n) is 5.15. The molecule has 1 saturated heterocycles. The average Bonchev–Trinajstić information content (AvgIpc) is 3.28. The summed E-state index contributed by atoms with van der Waals surface area (Å²) in [4.78, 5) is 15.0. The number of hydrogen-bond acceptors (Lipinski definition) is 9. The van der Waals surface area contributed by atoms with Crippen LogP contribution in [0.3, 0.4) is 0 Å². The van der Waals surface area contributed by atoms with Crippen molar-refractivity contribution < 1.29 is 14.2 Å². The molecular weight excluding hydrogens is 527 g/mol. The van der Waals surface area contributed by atoms with Gasteiger partial charge in [0.1, 0.15) is 22.2 Å². The molecule has 1 aliphatic rings. The van der Waals surface area contributed by atoms with E-state index in [4.69, 9.17) is 14.7 Å². The van der Waals surface area contributed by atoms with Crippen LogP contribution in [0.25, 0.3) is 10.2 Å². The molecule has 8 nitrogen and oxygen atoms in total. The molecule has 40 heavy (non-hydrogen) atoms. The number of aryl methyl sites for hydroxylation is 1. The van der Waals surface area contributed by atoms with Gasteiger partial charge in [-0.05, 0) is 94.5 Å². The minimum atomic E-state index is -1.18. The molecule has 4 aromatic rings. The second-order valence-electron chi connectivity index (χ2n) is 11.1. The van der Waals surface area contributed by atoms with Crippen LogP contribution in [0.4, 0.5) is 33.2 Å². The van der Waals surface area contributed by atoms with Crippen molar-refractivity contribution in [2.45, 2.75) is 45.3 Å². The molecular formula is C30H37FN6O2S. The zero-order valence-corrected chi connectivity index (χ0v) is 24.7. The smallest absolute Gasteiger partial charge is 0.230 e. The quantitative estimate of drug-likeness (QED) is 0.227. The molecule has 0 spiro atoms. The molecule has 3 N–H and O–H groups in total. The number of benzene rings is 2. The summed E-state index contributed by atoms with van der Waals surface area (Å²) >= 11 is 1.52. The number of methoxy groups -OCH3 is 1. The third-order valence-corrected chi connectivity index (χ3v) is 8.45. The normalized spacial score (nSPS) is 14.7. The highest BCUT2D eigenvalue weighted by atomic mass is 32.1. The number of hydrogen-bond donors (Lipinski definition) is 3. The molecule has 2 aromatic carbocycles. The van der Waals surface area contributed by atoms with E-state index in [1.165, 1.54) is 23.5 Å². The predicted octanol–water partition coefficient (Wildman–Crippen LogP) is 6.39. The maximum Gasteiger partial charge on any atom is 0.230 e. The largest absolute Gasteiger partial charge is 0.495 e. The van der Waals surface area contributed by atoms with Crippen LogP contribution in [0, 0.1) is 12.7 Å². The topological polar surface area (TPSA) is 85.8 Å². The Balaban J connectivity index is 1.42. The van der Waals surface area contributed by atoms with Crippen molar-refractivity contribution in [1.82, 2.24) is 14.9 Å². The van der Waals surface area contributed by atoms with Crippen LogP contribution in [-0.2, 0) is 5.60 Å². The number of fused-ring (bicyclic) bond motifs is 1. The monoisotopic (exact) mass is 564 g/mol. The van der Waals surface area contributed by atoms with Gasteiger partial charge in [0.05, 0.1) is 23.8 Å². The minimum Gasteiger partial charge on any atom is -0.495 e. The molecule has 0 radical (unpaired) electrons. The van der Waals surface area contributed by atoms with Crippen molar-refractivity contribution in [3.8, 4) is 5.75 Å². The zero-order chi connectivity index (χ0) is 28.6. The van der Waals surface area contributed by atoms with Gasteiger partial charge in [-0.1, -0.05) is 0 Å². The van der Waals surface area contributed by atoms with Crippen LogP contribution in [0.2, 0.25) is 0 Å². The summed E-state index contributed by atoms with van der Waals surface area (Å²) in [6.07, 6.45) is 2.23. The molecule has 2 aromatic heterocycles. The summed E-state index contributed by atoms with van der Waals surface area (Å²) in [5.41, 5.74) is 2.69. The fourth-order valence-corrected chi connectivity index (χ4v) is 6.07. The number of nitrogens with one attached hydrogen (secondary N) is 2. The third-order valence-electron chi connectivity index (χ3n) is 7.46. The number of rotatable bonds is 8. The maximum absolute atomic E-state index is 14.4. The highest BCUT2D eigenvalue weighted by Gasteiger charge is 2.23. The Morgan fingerprint density at radius 3 is 2.50 bits per heavy atom. The summed E-state index contributed by atoms with van der Waals surface area (Å²) in [6.45, 7) is 7.22. The van der Waals surface area contributed by atoms with Gasteiger partial charge in [0, 0.05) is 36.6 Å². The van der Waals surface area contributed by atoms with E-state index in [2.05, 4.69) is 40.6 Å². The second kappa shape index (κ2) is 11.2. The fraction of sp³-hybridized carbons (Fsp3) is 0.400. The highest BCUT2D eigenvalue weighted by molar-refractivity contribution is 7.17. The molecule has 3 heterocycles. The summed E-state index contributed by atoms with van der Waals surface area (Å²) in [5, 5.41) is 19.9. The molecule has 0 unspecified atom stereocenters. The lowest BCUT2D eigenvalue weighted by atomic mass is 9.98. The number of ether oxygens (including phenoxy) is 1. The van der Waals surface area contributed by atoms with Crippen molar-refractivity contribution in [2.24, 2.45) is 0 Å². The third kappa shape index (κ3) is 5.99. The van der Waals surface area contributed by atoms with Gasteiger partial charge in [-0.3, -0.25) is 0 Å². The van der Waals surface area contributed by atoms with Crippen molar-refractivity contribution in [1.29, 1.82) is 0 Å². The van der Waals surface area contributed by atoms with Gasteiger partial charge >= 0.3 is 0 Å². The lowest BCUT2D eigenvalue weighted by Crippen LogP contribution is -2.42. The van der Waals surface area contributed by atoms with Gasteiger partial charge < -0.3 is 30.3 Å². The van der Waals surface area contributed by atoms with Crippen molar-refractivity contribution in [3.05, 3.63) is 58.7 Å². The van der Waals surface area contributed by atoms with Gasteiger partial charge in [0.2, 0.25) is 5.95 Å². The standard InChI is InChI=1S/C30H37FN6O2S/c1-18-17-40-28-26(18)27(32-22-14-19(30(2,3)38)13-20(31)15-22)34-29(35-28)33-21-7-8-24(25(16-21)39-6)37-11-9-23(10-12-37)36(4)5/h7-8,13-17,23,38H,9-12H2,1-6H3,(H2,32,33,34,35). The number of thiophene rings is 1. The van der Waals surface area contributed by atoms with E-state index in [9.17, 15) is 9.50 Å². The first-order valence-corrected chi connectivity index (χ1v) is 14.3. The maximum atomic E-state index is 14.4. The molecule has 1 fully saturated rings. The first-order valence-electron chi connectivity index (χ1n) is 13.4. The molecule has 0 amide bonds. The highest BCUT2D eigenvalue weighted by Crippen LogP contribution is 2.36. The van der Waals surface area contributed by atoms with E-state index < -0.39 is 11.4 Å². The van der Waals surface area contributed by atoms with Crippen LogP contribution in [-0.4, -0.2) is 60.3 Å². The van der Waals surface area contributed by atoms with E-state index in [1.807, 2.05) is 24.4 Å². The minimum absolute atomic E-state index is 0.414. The van der Waals surface area contributed by atoms with E-state index in [0.717, 1.165) is 58.8 Å². The Kier molecular flexibility index (Phi) is 7.85. The van der Waals surface area contributed by atoms with Crippen molar-refractivity contribution in [3.63, 3.8) is 0 Å². The molecule has 0 atom stereocenters. The van der Waals surface area contributed by atoms with Crippen LogP contribution in [0.5, 0.6) is 5.75 Å². The average molecular weight is 565 g/mol. The number of anilines is 5. The molecule has 0 bridgehead atoms. The second-order valence-corrected chi connectivity index (χ2v) is 12.0. The van der Waals surface area contributed by atoms with Crippen LogP contribution in [0.15, 0.2) is 41.8 Å². The van der Waals surface area contributed by atoms with E-state index >= 15 is 0 Å². The number of nitrogens with zero attached hydrogens (tertiary/aromatic N) is 4. The summed E-state index contributed by atoms with van der Waals surface area (Å²) in [5.74, 6) is 1.33. The Morgan fingerprint density at radius 2 is 1.82 bits per heavy atom. The molecule has 10 heteroatoms. The van der Waals surface area contributed by atoms with Crippen molar-refractivity contribution >= 4 is 50.4 Å². The van der Waals surface area contributed by atoms with E-state index in [0.29, 0.717) is 29.1 Å². The number of halogens is 1. The summed E-state index contributed by atoms with van der Waals surface area (Å²) in [6, 6.07) is 11.1. The predicted molar refractivity (Wildman–Crippen MR) is 162 cm³/mol. The molecule has 1 aliphatic heterocycles. The Bertz CT molecular complexity index is 1510. The Labute approximate surface area is 238 Å². The van der Waals surface area contributed by atoms with E-state index in [-0.39, 0.29) is 0 Å². The summed E-state index contributed by atoms with van der Waals surface area (Å²) < 4.78 is 20.2. The van der Waals surface area contributed by atoms with Gasteiger partial charge in [-0.25, -0.2) is 9.37 Å². The SMILES string of the molecule is COc1cc(Nc2nc(Nc3cc(F)cc(C(C)(C)O)c3)c3c(C)csc3n2)ccc1N1CCC(N(C)C)CC1. The Morgan fingerprint density at radius 1 is 1.07 bits per heavy atom. The van der Waals surface area contributed by atoms with Crippen molar-refractivity contribution in [2.75, 3.05) is 49.8 Å². The number of aromatic nitrogens is 2. The van der Waals surface area contributed by atoms with Gasteiger partial charge in [-0.15, -0.1) is 11.3 Å². The zero-order valence-electron chi connectivity index (χ0n) is 23.9. The lowest BCUT2D eigenvalue weighted by molar-refractivity contribution is 0.0783. The van der Waals surface area contributed by atoms with E-state index in [1.54, 1.807) is 27.0 Å². The van der Waals surface area contributed by atoms with Crippen LogP contribution >= 0.6 is 11.3 Å². The van der Waals surface area contributed by atoms with Crippen LogP contribution < -0.4 is 20.3 Å². The number of aliphatic hydroxyl groups is 1. The van der Waals surface area contributed by atoms with Crippen LogP contribution in [0.1, 0.15) is 37.8 Å². The molecule has 5 rings (SSSR count). The first kappa shape index (κ1) is 28.1. The molecule has 0 aliphatic carbocycles. The number of piperidine rings is 1. The van der Waals surface area contributed by atoms with Gasteiger partial charge in [-0.2, -0.15) is 4.98 Å². The van der Waals surface area contributed by atoms with Gasteiger partial charge in [0.25, 0.3) is 0 Å². The Hall–Kier alpha value is -3.47. The molecule has 0 saturated carbocycles. The lowest BCUT2D eigenvalue weighted by Gasteiger charge is -2.37. The first-order chi connectivity index (χ1) is 19.0. The summed E-state index contributed by atoms with van der Waals surface area (Å²) in [7, 11) is 5.98. The molecule has 212 valence electrons. The van der Waals surface area contributed by atoms with Gasteiger partial charge in [0.15, 0.2) is 0 Å².